The highest BCUT2D eigenvalue weighted by molar-refractivity contribution is 6.31. The summed E-state index contributed by atoms with van der Waals surface area (Å²) in [4.78, 5) is 0. The summed E-state index contributed by atoms with van der Waals surface area (Å²) in [5.41, 5.74) is 1.07. The lowest BCUT2D eigenvalue weighted by atomic mass is 9.95. The van der Waals surface area contributed by atoms with Crippen LogP contribution < -0.4 is 14.8 Å². The van der Waals surface area contributed by atoms with Crippen molar-refractivity contribution in [2.24, 2.45) is 0 Å². The van der Waals surface area contributed by atoms with Gasteiger partial charge in [0.1, 0.15) is 0 Å². The van der Waals surface area contributed by atoms with Crippen LogP contribution >= 0.6 is 11.6 Å². The molecule has 0 bridgehead atoms. The molecule has 1 aromatic carbocycles. The summed E-state index contributed by atoms with van der Waals surface area (Å²) in [6, 6.07) is 4.45. The summed E-state index contributed by atoms with van der Waals surface area (Å²) in [5, 5.41) is 4.33. The minimum Gasteiger partial charge on any atom is -0.493 e. The Morgan fingerprint density at radius 1 is 1.20 bits per heavy atom. The predicted molar refractivity (Wildman–Crippen MR) is 82.9 cm³/mol. The number of rotatable bonds is 6. The second-order valence-corrected chi connectivity index (χ2v) is 5.65. The lowest BCUT2D eigenvalue weighted by molar-refractivity contribution is 0.310. The standard InChI is InChI=1S/C16H24ClNO2/c1-3-20-16-9-12(14(17)10-15(16)19-2)11-18-13-7-5-4-6-8-13/h9-10,13,18H,3-8,11H2,1-2H3. The first-order valence-electron chi connectivity index (χ1n) is 7.47. The SMILES string of the molecule is CCOc1cc(CNC2CCCCC2)c(Cl)cc1OC. The molecule has 4 heteroatoms. The molecule has 20 heavy (non-hydrogen) atoms. The van der Waals surface area contributed by atoms with Gasteiger partial charge in [0.2, 0.25) is 0 Å². The average Bonchev–Trinajstić information content (AvgIpc) is 2.48. The molecule has 0 aliphatic heterocycles. The molecule has 1 fully saturated rings. The van der Waals surface area contributed by atoms with Crippen molar-refractivity contribution < 1.29 is 9.47 Å². The van der Waals surface area contributed by atoms with Crippen LogP contribution in [0.5, 0.6) is 11.5 Å². The number of halogens is 1. The van der Waals surface area contributed by atoms with E-state index in [4.69, 9.17) is 21.1 Å². The fraction of sp³-hybridized carbons (Fsp3) is 0.625. The lowest BCUT2D eigenvalue weighted by Gasteiger charge is -2.23. The third-order valence-corrected chi connectivity index (χ3v) is 4.17. The van der Waals surface area contributed by atoms with Crippen LogP contribution in [0.4, 0.5) is 0 Å². The number of ether oxygens (including phenoxy) is 2. The van der Waals surface area contributed by atoms with Gasteiger partial charge < -0.3 is 14.8 Å². The van der Waals surface area contributed by atoms with Gasteiger partial charge in [-0.15, -0.1) is 0 Å². The second-order valence-electron chi connectivity index (χ2n) is 5.24. The summed E-state index contributed by atoms with van der Waals surface area (Å²) in [7, 11) is 1.63. The van der Waals surface area contributed by atoms with Crippen LogP contribution in [-0.4, -0.2) is 19.8 Å². The average molecular weight is 298 g/mol. The molecule has 1 N–H and O–H groups in total. The van der Waals surface area contributed by atoms with Crippen molar-refractivity contribution in [2.45, 2.75) is 51.6 Å². The quantitative estimate of drug-likeness (QED) is 0.855. The van der Waals surface area contributed by atoms with Crippen molar-refractivity contribution in [2.75, 3.05) is 13.7 Å². The van der Waals surface area contributed by atoms with Gasteiger partial charge in [-0.2, -0.15) is 0 Å². The Labute approximate surface area is 126 Å². The number of nitrogens with one attached hydrogen (secondary N) is 1. The topological polar surface area (TPSA) is 30.5 Å². The van der Waals surface area contributed by atoms with Gasteiger partial charge in [-0.3, -0.25) is 0 Å². The third kappa shape index (κ3) is 4.03. The number of benzene rings is 1. The van der Waals surface area contributed by atoms with E-state index in [2.05, 4.69) is 5.32 Å². The molecule has 0 aromatic heterocycles. The van der Waals surface area contributed by atoms with Crippen molar-refractivity contribution in [3.05, 3.63) is 22.7 Å². The summed E-state index contributed by atoms with van der Waals surface area (Å²) in [5.74, 6) is 1.46. The van der Waals surface area contributed by atoms with E-state index in [1.54, 1.807) is 7.11 Å². The Morgan fingerprint density at radius 3 is 2.60 bits per heavy atom. The Kier molecular flexibility index (Phi) is 5.99. The second kappa shape index (κ2) is 7.75. The van der Waals surface area contributed by atoms with Crippen LogP contribution in [0.3, 0.4) is 0 Å². The number of methoxy groups -OCH3 is 1. The molecular weight excluding hydrogens is 274 g/mol. The molecule has 0 unspecified atom stereocenters. The van der Waals surface area contributed by atoms with Crippen LogP contribution in [0.1, 0.15) is 44.6 Å². The summed E-state index contributed by atoms with van der Waals surface area (Å²) in [6.45, 7) is 3.37. The minimum absolute atomic E-state index is 0.619. The fourth-order valence-corrected chi connectivity index (χ4v) is 2.92. The molecule has 1 aliphatic carbocycles. The van der Waals surface area contributed by atoms with Crippen LogP contribution in [0.15, 0.2) is 12.1 Å². The zero-order chi connectivity index (χ0) is 14.4. The highest BCUT2D eigenvalue weighted by Crippen LogP contribution is 2.33. The summed E-state index contributed by atoms with van der Waals surface area (Å²) in [6.07, 6.45) is 6.57. The van der Waals surface area contributed by atoms with Gasteiger partial charge in [-0.05, 0) is 31.4 Å². The maximum atomic E-state index is 6.32. The Hall–Kier alpha value is -0.930. The molecule has 1 aliphatic rings. The predicted octanol–water partition coefficient (Wildman–Crippen LogP) is 4.17. The molecule has 0 radical (unpaired) electrons. The minimum atomic E-state index is 0.619. The largest absolute Gasteiger partial charge is 0.493 e. The lowest BCUT2D eigenvalue weighted by Crippen LogP contribution is -2.30. The van der Waals surface area contributed by atoms with Gasteiger partial charge in [-0.25, -0.2) is 0 Å². The van der Waals surface area contributed by atoms with Gasteiger partial charge in [0.25, 0.3) is 0 Å². The molecule has 112 valence electrons. The van der Waals surface area contributed by atoms with E-state index < -0.39 is 0 Å². The molecule has 0 saturated heterocycles. The maximum Gasteiger partial charge on any atom is 0.162 e. The maximum absolute atomic E-state index is 6.32. The smallest absolute Gasteiger partial charge is 0.162 e. The zero-order valence-electron chi connectivity index (χ0n) is 12.4. The first-order valence-corrected chi connectivity index (χ1v) is 7.85. The van der Waals surface area contributed by atoms with Gasteiger partial charge in [0, 0.05) is 23.7 Å². The van der Waals surface area contributed by atoms with Crippen molar-refractivity contribution >= 4 is 11.6 Å². The van der Waals surface area contributed by atoms with Crippen LogP contribution in [0.25, 0.3) is 0 Å². The van der Waals surface area contributed by atoms with Crippen LogP contribution in [0, 0.1) is 0 Å². The first-order chi connectivity index (χ1) is 9.74. The third-order valence-electron chi connectivity index (χ3n) is 3.82. The molecule has 0 amide bonds. The van der Waals surface area contributed by atoms with E-state index in [0.29, 0.717) is 18.4 Å². The fourth-order valence-electron chi connectivity index (χ4n) is 2.70. The molecule has 2 rings (SSSR count). The van der Waals surface area contributed by atoms with Crippen LogP contribution in [-0.2, 0) is 6.54 Å². The Balaban J connectivity index is 2.04. The van der Waals surface area contributed by atoms with Crippen molar-refractivity contribution in [3.63, 3.8) is 0 Å². The Morgan fingerprint density at radius 2 is 1.95 bits per heavy atom. The van der Waals surface area contributed by atoms with E-state index in [9.17, 15) is 0 Å². The zero-order valence-corrected chi connectivity index (χ0v) is 13.1. The van der Waals surface area contributed by atoms with E-state index in [1.165, 1.54) is 32.1 Å². The monoisotopic (exact) mass is 297 g/mol. The van der Waals surface area contributed by atoms with E-state index in [0.717, 1.165) is 22.9 Å². The molecule has 0 heterocycles. The normalized spacial score (nSPS) is 16.1. The van der Waals surface area contributed by atoms with Crippen molar-refractivity contribution in [1.29, 1.82) is 0 Å². The Bertz CT molecular complexity index is 431. The first kappa shape index (κ1) is 15.5. The number of hydrogen-bond acceptors (Lipinski definition) is 3. The number of hydrogen-bond donors (Lipinski definition) is 1. The summed E-state index contributed by atoms with van der Waals surface area (Å²) >= 11 is 6.32. The summed E-state index contributed by atoms with van der Waals surface area (Å²) < 4.78 is 10.9. The van der Waals surface area contributed by atoms with Gasteiger partial charge in [0.15, 0.2) is 11.5 Å². The molecule has 1 saturated carbocycles. The molecule has 3 nitrogen and oxygen atoms in total. The molecule has 0 spiro atoms. The highest BCUT2D eigenvalue weighted by Gasteiger charge is 2.15. The van der Waals surface area contributed by atoms with E-state index >= 15 is 0 Å². The molecule has 0 atom stereocenters. The van der Waals surface area contributed by atoms with Crippen LogP contribution in [0.2, 0.25) is 5.02 Å². The van der Waals surface area contributed by atoms with Gasteiger partial charge in [0.05, 0.1) is 13.7 Å². The highest BCUT2D eigenvalue weighted by atomic mass is 35.5. The van der Waals surface area contributed by atoms with Crippen molar-refractivity contribution in [3.8, 4) is 11.5 Å². The molecular formula is C16H24ClNO2. The van der Waals surface area contributed by atoms with Gasteiger partial charge >= 0.3 is 0 Å². The van der Waals surface area contributed by atoms with E-state index in [-0.39, 0.29) is 0 Å². The van der Waals surface area contributed by atoms with Gasteiger partial charge in [-0.1, -0.05) is 30.9 Å². The van der Waals surface area contributed by atoms with E-state index in [1.807, 2.05) is 19.1 Å². The molecule has 1 aromatic rings. The van der Waals surface area contributed by atoms with Crippen molar-refractivity contribution in [1.82, 2.24) is 5.32 Å².